The predicted molar refractivity (Wildman–Crippen MR) is 107 cm³/mol. The van der Waals surface area contributed by atoms with Gasteiger partial charge in [0.15, 0.2) is 5.96 Å². The molecule has 0 aliphatic carbocycles. The monoisotopic (exact) mass is 434 g/mol. The highest BCUT2D eigenvalue weighted by Gasteiger charge is 2.25. The van der Waals surface area contributed by atoms with Crippen molar-refractivity contribution in [3.8, 4) is 0 Å². The molecule has 1 aromatic rings. The third kappa shape index (κ3) is 6.71. The predicted octanol–water partition coefficient (Wildman–Crippen LogP) is 3.39. The van der Waals surface area contributed by atoms with Crippen molar-refractivity contribution in [2.24, 2.45) is 4.99 Å². The molecule has 2 heterocycles. The lowest BCUT2D eigenvalue weighted by atomic mass is 10.2. The van der Waals surface area contributed by atoms with Crippen molar-refractivity contribution >= 4 is 29.9 Å². The Hall–Kier alpha value is -0.760. The summed E-state index contributed by atoms with van der Waals surface area (Å²) in [5.74, 6) is 1.92. The fraction of sp³-hybridized carbons (Fsp3) is 0.706. The summed E-state index contributed by atoms with van der Waals surface area (Å²) >= 11 is 0. The number of furan rings is 1. The van der Waals surface area contributed by atoms with Crippen molar-refractivity contribution < 1.29 is 4.42 Å². The molecule has 1 aromatic heterocycles. The van der Waals surface area contributed by atoms with Gasteiger partial charge in [0.25, 0.3) is 0 Å². The second-order valence-corrected chi connectivity index (χ2v) is 5.86. The SMILES string of the molecule is CCCCCNC(=NC)NCC(c1ccco1)N1CCCC1.I. The molecule has 2 N–H and O–H groups in total. The van der Waals surface area contributed by atoms with Crippen LogP contribution in [-0.4, -0.2) is 44.1 Å². The molecule has 0 radical (unpaired) electrons. The van der Waals surface area contributed by atoms with Crippen LogP contribution in [0.1, 0.15) is 50.8 Å². The van der Waals surface area contributed by atoms with Gasteiger partial charge in [-0.2, -0.15) is 0 Å². The summed E-state index contributed by atoms with van der Waals surface area (Å²) in [5.41, 5.74) is 0. The first kappa shape index (κ1) is 20.3. The molecule has 0 spiro atoms. The number of hydrogen-bond donors (Lipinski definition) is 2. The van der Waals surface area contributed by atoms with Gasteiger partial charge >= 0.3 is 0 Å². The standard InChI is InChI=1S/C17H30N4O.HI/c1-3-4-5-10-19-17(18-2)20-14-15(16-9-8-13-22-16)21-11-6-7-12-21;/h8-9,13,15H,3-7,10-12,14H2,1-2H3,(H2,18,19,20);1H. The zero-order valence-corrected chi connectivity index (χ0v) is 16.7. The summed E-state index contributed by atoms with van der Waals surface area (Å²) in [5, 5.41) is 6.83. The van der Waals surface area contributed by atoms with Gasteiger partial charge in [0.05, 0.1) is 12.3 Å². The summed E-state index contributed by atoms with van der Waals surface area (Å²) in [6.45, 7) is 6.31. The van der Waals surface area contributed by atoms with Crippen molar-refractivity contribution in [3.05, 3.63) is 24.2 Å². The fourth-order valence-electron chi connectivity index (χ4n) is 2.94. The topological polar surface area (TPSA) is 52.8 Å². The lowest BCUT2D eigenvalue weighted by molar-refractivity contribution is 0.215. The lowest BCUT2D eigenvalue weighted by Gasteiger charge is -2.26. The molecule has 0 aromatic carbocycles. The van der Waals surface area contributed by atoms with Crippen LogP contribution in [0.3, 0.4) is 0 Å². The molecule has 5 nitrogen and oxygen atoms in total. The number of rotatable bonds is 8. The van der Waals surface area contributed by atoms with Gasteiger partial charge in [-0.25, -0.2) is 0 Å². The lowest BCUT2D eigenvalue weighted by Crippen LogP contribution is -2.42. The Morgan fingerprint density at radius 3 is 2.70 bits per heavy atom. The molecule has 2 rings (SSSR count). The molecule has 0 amide bonds. The van der Waals surface area contributed by atoms with Gasteiger partial charge in [-0.1, -0.05) is 19.8 Å². The Kier molecular flexibility index (Phi) is 10.3. The van der Waals surface area contributed by atoms with E-state index >= 15 is 0 Å². The quantitative estimate of drug-likeness (QED) is 0.285. The van der Waals surface area contributed by atoms with Crippen LogP contribution in [0.15, 0.2) is 27.8 Å². The molecular weight excluding hydrogens is 403 g/mol. The Morgan fingerprint density at radius 1 is 1.30 bits per heavy atom. The summed E-state index contributed by atoms with van der Waals surface area (Å²) in [4.78, 5) is 6.81. The van der Waals surface area contributed by atoms with Gasteiger partial charge in [0.2, 0.25) is 0 Å². The number of nitrogens with zero attached hydrogens (tertiary/aromatic N) is 2. The van der Waals surface area contributed by atoms with Crippen LogP contribution in [0, 0.1) is 0 Å². The van der Waals surface area contributed by atoms with E-state index in [2.05, 4.69) is 33.5 Å². The van der Waals surface area contributed by atoms with Gasteiger partial charge < -0.3 is 15.1 Å². The van der Waals surface area contributed by atoms with Crippen LogP contribution in [-0.2, 0) is 0 Å². The highest BCUT2D eigenvalue weighted by molar-refractivity contribution is 14.0. The van der Waals surface area contributed by atoms with Crippen molar-refractivity contribution in [3.63, 3.8) is 0 Å². The molecule has 1 aliphatic rings. The van der Waals surface area contributed by atoms with E-state index < -0.39 is 0 Å². The normalized spacial score (nSPS) is 16.9. The third-order valence-corrected chi connectivity index (χ3v) is 4.21. The molecule has 1 fully saturated rings. The maximum absolute atomic E-state index is 5.65. The van der Waals surface area contributed by atoms with Gasteiger partial charge in [-0.05, 0) is 44.5 Å². The molecule has 6 heteroatoms. The fourth-order valence-corrected chi connectivity index (χ4v) is 2.94. The van der Waals surface area contributed by atoms with Crippen LogP contribution in [0.5, 0.6) is 0 Å². The molecule has 0 saturated carbocycles. The summed E-state index contributed by atoms with van der Waals surface area (Å²) in [6, 6.07) is 4.32. The van der Waals surface area contributed by atoms with Crippen LogP contribution >= 0.6 is 24.0 Å². The van der Waals surface area contributed by atoms with Crippen molar-refractivity contribution in [2.45, 2.75) is 45.1 Å². The Labute approximate surface area is 157 Å². The number of hydrogen-bond acceptors (Lipinski definition) is 3. The molecule has 1 atom stereocenters. The van der Waals surface area contributed by atoms with Crippen molar-refractivity contribution in [2.75, 3.05) is 33.2 Å². The molecule has 0 bridgehead atoms. The highest BCUT2D eigenvalue weighted by atomic mass is 127. The summed E-state index contributed by atoms with van der Waals surface area (Å²) in [7, 11) is 1.83. The third-order valence-electron chi connectivity index (χ3n) is 4.21. The first-order chi connectivity index (χ1) is 10.8. The van der Waals surface area contributed by atoms with Crippen LogP contribution in [0.2, 0.25) is 0 Å². The molecule has 23 heavy (non-hydrogen) atoms. The van der Waals surface area contributed by atoms with E-state index in [1.165, 1.54) is 32.1 Å². The van der Waals surface area contributed by atoms with Crippen LogP contribution < -0.4 is 10.6 Å². The number of aliphatic imine (C=N–C) groups is 1. The molecule has 132 valence electrons. The maximum atomic E-state index is 5.65. The first-order valence-corrected chi connectivity index (χ1v) is 8.57. The zero-order valence-electron chi connectivity index (χ0n) is 14.4. The van der Waals surface area contributed by atoms with Crippen molar-refractivity contribution in [1.82, 2.24) is 15.5 Å². The van der Waals surface area contributed by atoms with E-state index in [0.29, 0.717) is 0 Å². The van der Waals surface area contributed by atoms with E-state index in [4.69, 9.17) is 4.42 Å². The number of likely N-dealkylation sites (tertiary alicyclic amines) is 1. The van der Waals surface area contributed by atoms with Crippen molar-refractivity contribution in [1.29, 1.82) is 0 Å². The van der Waals surface area contributed by atoms with Gasteiger partial charge in [0, 0.05) is 20.1 Å². The Balaban J connectivity index is 0.00000264. The summed E-state index contributed by atoms with van der Waals surface area (Å²) < 4.78 is 5.65. The smallest absolute Gasteiger partial charge is 0.191 e. The largest absolute Gasteiger partial charge is 0.468 e. The molecule has 1 aliphatic heterocycles. The van der Waals surface area contributed by atoms with E-state index in [9.17, 15) is 0 Å². The average molecular weight is 434 g/mol. The minimum Gasteiger partial charge on any atom is -0.468 e. The Morgan fingerprint density at radius 2 is 2.09 bits per heavy atom. The van der Waals surface area contributed by atoms with Gasteiger partial charge in [-0.3, -0.25) is 9.89 Å². The van der Waals surface area contributed by atoms with Crippen LogP contribution in [0.4, 0.5) is 0 Å². The van der Waals surface area contributed by atoms with Gasteiger partial charge in [0.1, 0.15) is 5.76 Å². The first-order valence-electron chi connectivity index (χ1n) is 8.57. The minimum absolute atomic E-state index is 0. The highest BCUT2D eigenvalue weighted by Crippen LogP contribution is 2.24. The zero-order chi connectivity index (χ0) is 15.6. The molecule has 1 saturated heterocycles. The number of unbranched alkanes of at least 4 members (excludes halogenated alkanes) is 2. The van der Waals surface area contributed by atoms with Crippen LogP contribution in [0.25, 0.3) is 0 Å². The maximum Gasteiger partial charge on any atom is 0.191 e. The van der Waals surface area contributed by atoms with E-state index in [0.717, 1.165) is 37.9 Å². The van der Waals surface area contributed by atoms with E-state index in [1.807, 2.05) is 13.1 Å². The number of nitrogens with one attached hydrogen (secondary N) is 2. The number of halogens is 1. The Bertz CT molecular complexity index is 430. The number of guanidine groups is 1. The van der Waals surface area contributed by atoms with E-state index in [1.54, 1.807) is 6.26 Å². The molecule has 1 unspecified atom stereocenters. The second kappa shape index (κ2) is 11.7. The van der Waals surface area contributed by atoms with E-state index in [-0.39, 0.29) is 30.0 Å². The average Bonchev–Trinajstić information content (AvgIpc) is 3.23. The molecular formula is C17H31IN4O. The second-order valence-electron chi connectivity index (χ2n) is 5.86. The minimum atomic E-state index is 0. The summed E-state index contributed by atoms with van der Waals surface area (Å²) in [6.07, 6.45) is 8.00. The van der Waals surface area contributed by atoms with Gasteiger partial charge in [-0.15, -0.1) is 24.0 Å².